The third kappa shape index (κ3) is 5.14. The van der Waals surface area contributed by atoms with E-state index in [9.17, 15) is 14.0 Å². The number of carbonyl (C=O) groups excluding carboxylic acids is 1. The summed E-state index contributed by atoms with van der Waals surface area (Å²) in [5.74, 6) is 0.256. The lowest BCUT2D eigenvalue weighted by Crippen LogP contribution is -2.46. The molecule has 1 aliphatic rings. The average molecular weight is 467 g/mol. The largest absolute Gasteiger partial charge is 0.492 e. The Labute approximate surface area is 198 Å². The molecule has 0 spiro atoms. The maximum absolute atomic E-state index is 14.0. The molecule has 0 radical (unpaired) electrons. The summed E-state index contributed by atoms with van der Waals surface area (Å²) in [6, 6.07) is 10.1. The predicted octanol–water partition coefficient (Wildman–Crippen LogP) is 4.73. The second-order valence-corrected chi connectivity index (χ2v) is 8.91. The Kier molecular flexibility index (Phi) is 7.32. The van der Waals surface area contributed by atoms with Crippen LogP contribution >= 0.6 is 0 Å². The van der Waals surface area contributed by atoms with Crippen molar-refractivity contribution in [3.05, 3.63) is 69.3 Å². The van der Waals surface area contributed by atoms with Crippen molar-refractivity contribution in [2.45, 2.75) is 33.6 Å². The first-order valence-electron chi connectivity index (χ1n) is 11.8. The molecule has 4 rings (SSSR count). The lowest BCUT2D eigenvalue weighted by atomic mass is 9.98. The van der Waals surface area contributed by atoms with Gasteiger partial charge in [0.25, 0.3) is 0 Å². The van der Waals surface area contributed by atoms with Crippen LogP contribution in [-0.2, 0) is 0 Å². The van der Waals surface area contributed by atoms with Gasteiger partial charge in [-0.25, -0.2) is 9.18 Å². The van der Waals surface area contributed by atoms with E-state index in [1.54, 1.807) is 12.1 Å². The Morgan fingerprint density at radius 3 is 2.50 bits per heavy atom. The lowest BCUT2D eigenvalue weighted by Gasteiger charge is -2.36. The van der Waals surface area contributed by atoms with Crippen LogP contribution in [0.2, 0.25) is 0 Å². The van der Waals surface area contributed by atoms with Crippen molar-refractivity contribution >= 4 is 22.4 Å². The molecule has 1 aromatic heterocycles. The van der Waals surface area contributed by atoms with Gasteiger partial charge in [0.15, 0.2) is 5.78 Å². The van der Waals surface area contributed by atoms with Crippen LogP contribution in [0, 0.1) is 19.7 Å². The molecule has 0 N–H and O–H groups in total. The monoisotopic (exact) mass is 466 g/mol. The molecule has 1 aliphatic heterocycles. The van der Waals surface area contributed by atoms with Gasteiger partial charge in [-0.3, -0.25) is 9.69 Å². The number of ether oxygens (including phenoxy) is 1. The maximum atomic E-state index is 14.0. The summed E-state index contributed by atoms with van der Waals surface area (Å²) in [6.45, 7) is 9.98. The Morgan fingerprint density at radius 2 is 1.79 bits per heavy atom. The number of aryl methyl sites for hydroxylation is 2. The topological polar surface area (TPSA) is 63.0 Å². The van der Waals surface area contributed by atoms with Gasteiger partial charge in [0, 0.05) is 32.2 Å². The minimum atomic E-state index is -0.416. The zero-order chi connectivity index (χ0) is 24.2. The van der Waals surface area contributed by atoms with Crippen molar-refractivity contribution in [2.75, 3.05) is 44.2 Å². The quantitative estimate of drug-likeness (QED) is 0.272. The van der Waals surface area contributed by atoms with Crippen molar-refractivity contribution in [3.8, 4) is 5.75 Å². The molecule has 1 saturated heterocycles. The number of anilines is 1. The Bertz CT molecular complexity index is 1250. The Hall–Kier alpha value is -3.19. The highest BCUT2D eigenvalue weighted by Crippen LogP contribution is 2.34. The molecule has 180 valence electrons. The van der Waals surface area contributed by atoms with Gasteiger partial charge in [0.1, 0.15) is 17.1 Å². The third-order valence-corrected chi connectivity index (χ3v) is 6.41. The molecule has 0 atom stereocenters. The van der Waals surface area contributed by atoms with Crippen LogP contribution < -0.4 is 15.3 Å². The molecular weight excluding hydrogens is 435 g/mol. The van der Waals surface area contributed by atoms with E-state index in [0.717, 1.165) is 56.7 Å². The number of fused-ring (bicyclic) bond motifs is 1. The zero-order valence-electron chi connectivity index (χ0n) is 20.0. The number of piperazine rings is 1. The summed E-state index contributed by atoms with van der Waals surface area (Å²) >= 11 is 0. The number of carbonyl (C=O) groups is 1. The zero-order valence-corrected chi connectivity index (χ0v) is 20.0. The maximum Gasteiger partial charge on any atom is 0.336 e. The number of ketones is 1. The molecular formula is C27H31FN2O4. The van der Waals surface area contributed by atoms with Gasteiger partial charge in [0.05, 0.1) is 23.2 Å². The van der Waals surface area contributed by atoms with Crippen molar-refractivity contribution in [1.82, 2.24) is 4.90 Å². The summed E-state index contributed by atoms with van der Waals surface area (Å²) in [6.07, 6.45) is 1.78. The van der Waals surface area contributed by atoms with Crippen molar-refractivity contribution in [1.29, 1.82) is 0 Å². The van der Waals surface area contributed by atoms with Gasteiger partial charge in [-0.05, 0) is 69.5 Å². The molecule has 0 saturated carbocycles. The van der Waals surface area contributed by atoms with Gasteiger partial charge in [-0.2, -0.15) is 0 Å². The van der Waals surface area contributed by atoms with Crippen molar-refractivity contribution < 1.29 is 18.3 Å². The molecule has 0 aliphatic carbocycles. The smallest absolute Gasteiger partial charge is 0.336 e. The number of hydrogen-bond donors (Lipinski definition) is 0. The van der Waals surface area contributed by atoms with E-state index in [1.807, 2.05) is 26.0 Å². The Morgan fingerprint density at radius 1 is 1.06 bits per heavy atom. The van der Waals surface area contributed by atoms with Crippen molar-refractivity contribution in [2.24, 2.45) is 0 Å². The molecule has 6 nitrogen and oxygen atoms in total. The summed E-state index contributed by atoms with van der Waals surface area (Å²) in [5.41, 5.74) is 2.70. The van der Waals surface area contributed by atoms with Crippen LogP contribution in [0.1, 0.15) is 41.3 Å². The summed E-state index contributed by atoms with van der Waals surface area (Å²) < 4.78 is 25.5. The van der Waals surface area contributed by atoms with E-state index in [2.05, 4.69) is 9.80 Å². The fraction of sp³-hybridized carbons (Fsp3) is 0.407. The number of nitrogens with zero attached hydrogens (tertiary/aromatic N) is 2. The van der Waals surface area contributed by atoms with E-state index < -0.39 is 5.63 Å². The van der Waals surface area contributed by atoms with Crippen LogP contribution in [0.15, 0.2) is 45.6 Å². The highest BCUT2D eigenvalue weighted by Gasteiger charge is 2.21. The third-order valence-electron chi connectivity index (χ3n) is 6.41. The fourth-order valence-electron chi connectivity index (χ4n) is 4.71. The van der Waals surface area contributed by atoms with E-state index in [4.69, 9.17) is 9.15 Å². The van der Waals surface area contributed by atoms with E-state index in [0.29, 0.717) is 34.6 Å². The second kappa shape index (κ2) is 10.4. The molecule has 1 fully saturated rings. The highest BCUT2D eigenvalue weighted by molar-refractivity contribution is 6.04. The molecule has 3 aromatic rings. The number of para-hydroxylation sites is 1. The van der Waals surface area contributed by atoms with E-state index in [-0.39, 0.29) is 11.6 Å². The predicted molar refractivity (Wildman–Crippen MR) is 132 cm³/mol. The number of benzene rings is 2. The average Bonchev–Trinajstić information content (AvgIpc) is 2.78. The standard InChI is InChI=1S/C27H31FN2O4/c1-18-16-23-26(19(2)17-24(32)34-23)27(25(18)20(3)31)33-15-7-6-10-29-11-13-30(14-12-29)22-9-5-4-8-21(22)28/h4-5,8-9,16-17H,6-7,10-15H2,1-3H3. The number of rotatable bonds is 8. The molecule has 0 unspecified atom stereocenters. The first-order valence-corrected chi connectivity index (χ1v) is 11.8. The molecule has 7 heteroatoms. The van der Waals surface area contributed by atoms with Gasteiger partial charge in [-0.1, -0.05) is 12.1 Å². The molecule has 0 amide bonds. The highest BCUT2D eigenvalue weighted by atomic mass is 19.1. The summed E-state index contributed by atoms with van der Waals surface area (Å²) in [4.78, 5) is 28.6. The first kappa shape index (κ1) is 24.0. The Balaban J connectivity index is 1.33. The fourth-order valence-corrected chi connectivity index (χ4v) is 4.71. The number of hydrogen-bond acceptors (Lipinski definition) is 6. The van der Waals surface area contributed by atoms with Crippen LogP contribution in [0.3, 0.4) is 0 Å². The number of halogens is 1. The molecule has 2 heterocycles. The normalized spacial score (nSPS) is 14.5. The van der Waals surface area contributed by atoms with Gasteiger partial charge < -0.3 is 14.1 Å². The molecule has 0 bridgehead atoms. The van der Waals surface area contributed by atoms with Gasteiger partial charge in [-0.15, -0.1) is 0 Å². The molecule has 2 aromatic carbocycles. The van der Waals surface area contributed by atoms with E-state index in [1.165, 1.54) is 19.1 Å². The summed E-state index contributed by atoms with van der Waals surface area (Å²) in [7, 11) is 0. The SMILES string of the molecule is CC(=O)c1c(C)cc2oc(=O)cc(C)c2c1OCCCCN1CCN(c2ccccc2F)CC1. The minimum absolute atomic E-state index is 0.0762. The van der Waals surface area contributed by atoms with Crippen molar-refractivity contribution in [3.63, 3.8) is 0 Å². The second-order valence-electron chi connectivity index (χ2n) is 8.91. The lowest BCUT2D eigenvalue weighted by molar-refractivity contribution is 0.101. The van der Waals surface area contributed by atoms with Gasteiger partial charge in [0.2, 0.25) is 0 Å². The molecule has 34 heavy (non-hydrogen) atoms. The van der Waals surface area contributed by atoms with Crippen LogP contribution in [0.5, 0.6) is 5.75 Å². The summed E-state index contributed by atoms with van der Waals surface area (Å²) in [5, 5.41) is 0.680. The van der Waals surface area contributed by atoms with E-state index >= 15 is 0 Å². The first-order chi connectivity index (χ1) is 16.3. The van der Waals surface area contributed by atoms with Crippen LogP contribution in [0.25, 0.3) is 11.0 Å². The van der Waals surface area contributed by atoms with Crippen LogP contribution in [-0.4, -0.2) is 50.0 Å². The van der Waals surface area contributed by atoms with Crippen LogP contribution in [0.4, 0.5) is 10.1 Å². The number of unbranched alkanes of at least 4 members (excludes halogenated alkanes) is 1. The number of Topliss-reactive ketones (excluding diaryl/α,β-unsaturated/α-hetero) is 1. The minimum Gasteiger partial charge on any atom is -0.492 e. The van der Waals surface area contributed by atoms with Gasteiger partial charge >= 0.3 is 5.63 Å².